The molecule has 0 bridgehead atoms. The van der Waals surface area contributed by atoms with Crippen molar-refractivity contribution < 1.29 is 14.3 Å². The highest BCUT2D eigenvalue weighted by molar-refractivity contribution is 5.93. The monoisotopic (exact) mass is 473 g/mol. The van der Waals surface area contributed by atoms with Gasteiger partial charge in [0.2, 0.25) is 11.9 Å². The lowest BCUT2D eigenvalue weighted by atomic mass is 10.2. The van der Waals surface area contributed by atoms with Crippen molar-refractivity contribution in [2.75, 3.05) is 44.3 Å². The number of carbonyl (C=O) groups excluding carboxylic acids is 2. The number of benzene rings is 1. The number of amides is 2. The smallest absolute Gasteiger partial charge is 0.267 e. The molecule has 10 nitrogen and oxygen atoms in total. The first kappa shape index (κ1) is 22.7. The number of aromatic nitrogens is 4. The number of pyridine rings is 1. The van der Waals surface area contributed by atoms with Gasteiger partial charge in [0.1, 0.15) is 11.3 Å². The topological polar surface area (TPSA) is 119 Å². The highest BCUT2D eigenvalue weighted by Crippen LogP contribution is 2.17. The van der Waals surface area contributed by atoms with Gasteiger partial charge in [-0.3, -0.25) is 9.59 Å². The summed E-state index contributed by atoms with van der Waals surface area (Å²) in [5.74, 6) is 0.234. The molecule has 1 aliphatic heterocycles. The van der Waals surface area contributed by atoms with Gasteiger partial charge >= 0.3 is 0 Å². The maximum absolute atomic E-state index is 12.6. The summed E-state index contributed by atoms with van der Waals surface area (Å²) < 4.78 is 7.62. The number of rotatable bonds is 8. The SMILES string of the molecule is NC(=O)c1ccc2ccn(CCOCCC(=O)N3CCN(c4ncc5ccccc5n4)CC3)c2n1. The molecule has 0 radical (unpaired) electrons. The molecule has 0 spiro atoms. The number of carbonyl (C=O) groups is 2. The molecule has 0 aliphatic carbocycles. The minimum absolute atomic E-state index is 0.0864. The van der Waals surface area contributed by atoms with Crippen molar-refractivity contribution in [2.45, 2.75) is 13.0 Å². The molecule has 0 atom stereocenters. The maximum Gasteiger partial charge on any atom is 0.267 e. The first-order valence-electron chi connectivity index (χ1n) is 11.7. The van der Waals surface area contributed by atoms with E-state index in [2.05, 4.69) is 19.9 Å². The molecule has 0 saturated carbocycles. The molecule has 1 fully saturated rings. The van der Waals surface area contributed by atoms with E-state index in [0.29, 0.717) is 64.0 Å². The van der Waals surface area contributed by atoms with Crippen LogP contribution in [-0.2, 0) is 16.1 Å². The van der Waals surface area contributed by atoms with E-state index in [1.54, 1.807) is 6.07 Å². The van der Waals surface area contributed by atoms with Crippen LogP contribution in [0, 0.1) is 0 Å². The maximum atomic E-state index is 12.6. The van der Waals surface area contributed by atoms with Crippen molar-refractivity contribution >= 4 is 39.7 Å². The first-order valence-corrected chi connectivity index (χ1v) is 11.7. The van der Waals surface area contributed by atoms with Gasteiger partial charge in [0, 0.05) is 55.9 Å². The molecule has 2 N–H and O–H groups in total. The lowest BCUT2D eigenvalue weighted by Gasteiger charge is -2.34. The quantitative estimate of drug-likeness (QED) is 0.388. The number of primary amides is 1. The van der Waals surface area contributed by atoms with Gasteiger partial charge in [-0.25, -0.2) is 15.0 Å². The van der Waals surface area contributed by atoms with Crippen LogP contribution < -0.4 is 10.6 Å². The Bertz CT molecular complexity index is 1360. The predicted molar refractivity (Wildman–Crippen MR) is 132 cm³/mol. The van der Waals surface area contributed by atoms with Crippen LogP contribution in [-0.4, -0.2) is 75.6 Å². The molecule has 1 aliphatic rings. The van der Waals surface area contributed by atoms with Gasteiger partial charge in [-0.2, -0.15) is 0 Å². The molecule has 180 valence electrons. The third-order valence-electron chi connectivity index (χ3n) is 6.19. The van der Waals surface area contributed by atoms with E-state index in [1.807, 2.05) is 58.3 Å². The number of hydrogen-bond acceptors (Lipinski definition) is 7. The fraction of sp³-hybridized carbons (Fsp3) is 0.320. The van der Waals surface area contributed by atoms with E-state index < -0.39 is 5.91 Å². The van der Waals surface area contributed by atoms with Crippen LogP contribution in [0.1, 0.15) is 16.9 Å². The average molecular weight is 474 g/mol. The molecule has 2 amide bonds. The fourth-order valence-corrected chi connectivity index (χ4v) is 4.23. The summed E-state index contributed by atoms with van der Waals surface area (Å²) in [5, 5.41) is 1.94. The number of hydrogen-bond donors (Lipinski definition) is 1. The van der Waals surface area contributed by atoms with Crippen LogP contribution >= 0.6 is 0 Å². The zero-order valence-electron chi connectivity index (χ0n) is 19.3. The van der Waals surface area contributed by atoms with Crippen molar-refractivity contribution in [3.63, 3.8) is 0 Å². The Hall–Kier alpha value is -4.05. The van der Waals surface area contributed by atoms with Gasteiger partial charge in [-0.15, -0.1) is 0 Å². The van der Waals surface area contributed by atoms with Gasteiger partial charge in [-0.1, -0.05) is 18.2 Å². The normalized spacial score (nSPS) is 14.1. The number of ether oxygens (including phenoxy) is 1. The summed E-state index contributed by atoms with van der Waals surface area (Å²) in [6.07, 6.45) is 4.08. The molecule has 35 heavy (non-hydrogen) atoms. The van der Waals surface area contributed by atoms with Gasteiger partial charge in [-0.05, 0) is 24.3 Å². The number of nitrogens with zero attached hydrogens (tertiary/aromatic N) is 6. The summed E-state index contributed by atoms with van der Waals surface area (Å²) in [7, 11) is 0. The number of fused-ring (bicyclic) bond motifs is 2. The third-order valence-corrected chi connectivity index (χ3v) is 6.19. The molecule has 4 heterocycles. The van der Waals surface area contributed by atoms with Gasteiger partial charge < -0.3 is 24.8 Å². The molecule has 10 heteroatoms. The number of piperazine rings is 1. The molecule has 1 saturated heterocycles. The highest BCUT2D eigenvalue weighted by atomic mass is 16.5. The molecule has 3 aromatic heterocycles. The lowest BCUT2D eigenvalue weighted by Crippen LogP contribution is -2.49. The summed E-state index contributed by atoms with van der Waals surface area (Å²) in [6, 6.07) is 13.3. The summed E-state index contributed by atoms with van der Waals surface area (Å²) in [4.78, 5) is 41.5. The van der Waals surface area contributed by atoms with Crippen LogP contribution in [0.25, 0.3) is 21.9 Å². The van der Waals surface area contributed by atoms with Crippen LogP contribution in [0.3, 0.4) is 0 Å². The zero-order valence-corrected chi connectivity index (χ0v) is 19.3. The molecule has 5 rings (SSSR count). The van der Waals surface area contributed by atoms with E-state index in [4.69, 9.17) is 10.5 Å². The Balaban J connectivity index is 1.06. The Morgan fingerprint density at radius 1 is 0.943 bits per heavy atom. The summed E-state index contributed by atoms with van der Waals surface area (Å²) in [6.45, 7) is 4.03. The van der Waals surface area contributed by atoms with Crippen LogP contribution in [0.15, 0.2) is 54.9 Å². The van der Waals surface area contributed by atoms with Crippen molar-refractivity contribution in [2.24, 2.45) is 5.73 Å². The van der Waals surface area contributed by atoms with Gasteiger partial charge in [0.15, 0.2) is 0 Å². The van der Waals surface area contributed by atoms with Crippen LogP contribution in [0.5, 0.6) is 0 Å². The van der Waals surface area contributed by atoms with Crippen LogP contribution in [0.4, 0.5) is 5.95 Å². The minimum atomic E-state index is -0.556. The van der Waals surface area contributed by atoms with E-state index in [9.17, 15) is 9.59 Å². The van der Waals surface area contributed by atoms with E-state index in [0.717, 1.165) is 16.3 Å². The Morgan fingerprint density at radius 3 is 2.60 bits per heavy atom. The fourth-order valence-electron chi connectivity index (χ4n) is 4.23. The van der Waals surface area contributed by atoms with Crippen molar-refractivity contribution in [1.29, 1.82) is 0 Å². The standard InChI is InChI=1S/C25H27N7O3/c26-23(34)21-6-5-18-7-9-31(24(18)28-21)14-16-35-15-8-22(33)30-10-12-32(13-11-30)25-27-17-19-3-1-2-4-20(19)29-25/h1-7,9,17H,8,10-16H2,(H2,26,34). The lowest BCUT2D eigenvalue weighted by molar-refractivity contribution is -0.132. The first-order chi connectivity index (χ1) is 17.1. The van der Waals surface area contributed by atoms with E-state index in [1.165, 1.54) is 0 Å². The molecular weight excluding hydrogens is 446 g/mol. The largest absolute Gasteiger partial charge is 0.379 e. The summed E-state index contributed by atoms with van der Waals surface area (Å²) in [5.41, 5.74) is 7.17. The number of para-hydroxylation sites is 1. The van der Waals surface area contributed by atoms with E-state index >= 15 is 0 Å². The molecule has 1 aromatic carbocycles. The summed E-state index contributed by atoms with van der Waals surface area (Å²) >= 11 is 0. The van der Waals surface area contributed by atoms with E-state index in [-0.39, 0.29) is 11.6 Å². The number of nitrogens with two attached hydrogens (primary N) is 1. The van der Waals surface area contributed by atoms with Crippen LogP contribution in [0.2, 0.25) is 0 Å². The van der Waals surface area contributed by atoms with Crippen molar-refractivity contribution in [1.82, 2.24) is 24.4 Å². The molecule has 0 unspecified atom stereocenters. The second-order valence-corrected chi connectivity index (χ2v) is 8.44. The molecular formula is C25H27N7O3. The predicted octanol–water partition coefficient (Wildman–Crippen LogP) is 1.83. The van der Waals surface area contributed by atoms with Crippen molar-refractivity contribution in [3.05, 3.63) is 60.6 Å². The second kappa shape index (κ2) is 10.1. The zero-order chi connectivity index (χ0) is 24.2. The number of anilines is 1. The highest BCUT2D eigenvalue weighted by Gasteiger charge is 2.22. The second-order valence-electron chi connectivity index (χ2n) is 8.44. The molecule has 4 aromatic rings. The van der Waals surface area contributed by atoms with Crippen molar-refractivity contribution in [3.8, 4) is 0 Å². The van der Waals surface area contributed by atoms with Gasteiger partial charge in [0.25, 0.3) is 5.91 Å². The average Bonchev–Trinajstić information content (AvgIpc) is 3.30. The minimum Gasteiger partial charge on any atom is -0.379 e. The third kappa shape index (κ3) is 5.07. The van der Waals surface area contributed by atoms with Gasteiger partial charge in [0.05, 0.1) is 25.2 Å². The Labute approximate surface area is 202 Å². The Morgan fingerprint density at radius 2 is 1.77 bits per heavy atom. The Kier molecular flexibility index (Phi) is 6.53.